The molecule has 4 heteroatoms. The van der Waals surface area contributed by atoms with Crippen LogP contribution in [0.5, 0.6) is 0 Å². The van der Waals surface area contributed by atoms with Gasteiger partial charge in [-0.05, 0) is 0 Å². The van der Waals surface area contributed by atoms with E-state index in [-0.39, 0.29) is 21.7 Å². The molecular formula is C26H53N3Ti. The molecule has 0 aliphatic carbocycles. The van der Waals surface area contributed by atoms with E-state index in [0.29, 0.717) is 0 Å². The molecule has 1 aromatic rings. The first-order chi connectivity index (χ1) is 14.1. The molecule has 0 unspecified atom stereocenters. The second-order valence-electron chi connectivity index (χ2n) is 6.73. The fourth-order valence-corrected chi connectivity index (χ4v) is 2.78. The van der Waals surface area contributed by atoms with Crippen LogP contribution in [0.15, 0.2) is 12.1 Å². The first-order valence-electron chi connectivity index (χ1n) is 12.2. The molecule has 3 nitrogen and oxygen atoms in total. The van der Waals surface area contributed by atoms with E-state index >= 15 is 0 Å². The van der Waals surface area contributed by atoms with Crippen LogP contribution < -0.4 is 0 Å². The van der Waals surface area contributed by atoms with Gasteiger partial charge >= 0.3 is 21.7 Å². The molecule has 30 heavy (non-hydrogen) atoms. The van der Waals surface area contributed by atoms with E-state index < -0.39 is 0 Å². The van der Waals surface area contributed by atoms with Crippen molar-refractivity contribution in [1.82, 2.24) is 0 Å². The van der Waals surface area contributed by atoms with Gasteiger partial charge in [0.1, 0.15) is 0 Å². The van der Waals surface area contributed by atoms with Crippen LogP contribution in [-0.2, 0) is 41.0 Å². The smallest absolute Gasteiger partial charge is 0.663 e. The Morgan fingerprint density at radius 1 is 0.600 bits per heavy atom. The maximum atomic E-state index is 3.97. The van der Waals surface area contributed by atoms with Gasteiger partial charge in [0.15, 0.2) is 0 Å². The minimum atomic E-state index is 0. The van der Waals surface area contributed by atoms with E-state index in [4.69, 9.17) is 0 Å². The predicted octanol–water partition coefficient (Wildman–Crippen LogP) is 8.46. The third kappa shape index (κ3) is 27.9. The maximum Gasteiger partial charge on any atom is 4.00 e. The maximum absolute atomic E-state index is 3.97. The molecule has 0 spiro atoms. The summed E-state index contributed by atoms with van der Waals surface area (Å²) in [6.07, 6.45) is 7.58. The summed E-state index contributed by atoms with van der Waals surface area (Å²) < 4.78 is 0. The van der Waals surface area contributed by atoms with Gasteiger partial charge in [0.25, 0.3) is 0 Å². The van der Waals surface area contributed by atoms with E-state index in [1.165, 1.54) is 38.5 Å². The largest absolute Gasteiger partial charge is 4.00 e. The van der Waals surface area contributed by atoms with Crippen molar-refractivity contribution in [2.24, 2.45) is 0 Å². The van der Waals surface area contributed by atoms with Crippen molar-refractivity contribution in [3.05, 3.63) is 44.8 Å². The molecule has 176 valence electrons. The van der Waals surface area contributed by atoms with Crippen LogP contribution in [0.4, 0.5) is 0 Å². The zero-order valence-electron chi connectivity index (χ0n) is 22.0. The molecule has 0 bridgehead atoms. The Labute approximate surface area is 206 Å². The van der Waals surface area contributed by atoms with Crippen LogP contribution in [-0.4, -0.2) is 39.3 Å². The summed E-state index contributed by atoms with van der Waals surface area (Å²) in [6.45, 7) is 24.9. The minimum Gasteiger partial charge on any atom is -0.663 e. The average Bonchev–Trinajstić information content (AvgIpc) is 3.07. The van der Waals surface area contributed by atoms with E-state index in [1.54, 1.807) is 16.7 Å². The van der Waals surface area contributed by atoms with Gasteiger partial charge in [-0.15, -0.1) is 0 Å². The number of hydrogen-bond donors (Lipinski definition) is 0. The Morgan fingerprint density at radius 3 is 1.27 bits per heavy atom. The Bertz CT molecular complexity index is 348. The molecule has 0 aliphatic rings. The number of hydrogen-bond acceptors (Lipinski definition) is 0. The van der Waals surface area contributed by atoms with Crippen molar-refractivity contribution in [3.63, 3.8) is 0 Å². The Morgan fingerprint density at radius 2 is 1.00 bits per heavy atom. The molecule has 0 heterocycles. The second kappa shape index (κ2) is 33.6. The van der Waals surface area contributed by atoms with Gasteiger partial charge in [0.05, 0.1) is 0 Å². The Hall–Kier alpha value is -0.0557. The van der Waals surface area contributed by atoms with Crippen LogP contribution in [0, 0.1) is 0 Å². The van der Waals surface area contributed by atoms with Gasteiger partial charge in [0, 0.05) is 0 Å². The molecule has 1 aromatic carbocycles. The quantitative estimate of drug-likeness (QED) is 0.224. The van der Waals surface area contributed by atoms with Gasteiger partial charge in [-0.2, -0.15) is 62.0 Å². The minimum absolute atomic E-state index is 0. The van der Waals surface area contributed by atoms with Crippen LogP contribution in [0.3, 0.4) is 0 Å². The first-order valence-corrected chi connectivity index (χ1v) is 12.2. The fraction of sp³-hybridized carbons (Fsp3) is 0.808. The van der Waals surface area contributed by atoms with Gasteiger partial charge < -0.3 is 16.0 Å². The monoisotopic (exact) mass is 455 g/mol. The molecule has 0 fully saturated rings. The Kier molecular flexibility index (Phi) is 41.7. The molecule has 0 saturated heterocycles. The van der Waals surface area contributed by atoms with Crippen molar-refractivity contribution in [2.75, 3.05) is 39.3 Å². The molecule has 0 saturated carbocycles. The van der Waals surface area contributed by atoms with Crippen molar-refractivity contribution in [2.45, 2.75) is 101 Å². The summed E-state index contributed by atoms with van der Waals surface area (Å²) in [5, 5.41) is 11.9. The van der Waals surface area contributed by atoms with Crippen molar-refractivity contribution in [1.29, 1.82) is 0 Å². The number of aryl methyl sites for hydroxylation is 3. The van der Waals surface area contributed by atoms with E-state index in [1.807, 2.05) is 41.5 Å². The SMILES string of the molecule is CCCc1cc(CCC)[c-](CCC)c1.CC[N-]CC.CC[N-]CC.CC[N-]CC.[Ti+4]. The van der Waals surface area contributed by atoms with Crippen LogP contribution in [0.25, 0.3) is 16.0 Å². The van der Waals surface area contributed by atoms with Crippen LogP contribution in [0.1, 0.15) is 98.3 Å². The molecular weight excluding hydrogens is 402 g/mol. The fourth-order valence-electron chi connectivity index (χ4n) is 2.78. The molecule has 0 radical (unpaired) electrons. The standard InChI is InChI=1S/C14H23.3C4H10N.Ti/c1-4-7-12-10-13(8-5-2)14(11-12)9-6-3;3*1-3-5-4-2;/h10-11H,4-9H2,1-3H3;3*3-4H2,1-2H3;/q4*-1;+4. The summed E-state index contributed by atoms with van der Waals surface area (Å²) in [5.41, 5.74) is 4.77. The van der Waals surface area contributed by atoms with Crippen LogP contribution in [0.2, 0.25) is 0 Å². The third-order valence-electron chi connectivity index (χ3n) is 4.05. The average molecular weight is 456 g/mol. The van der Waals surface area contributed by atoms with E-state index in [0.717, 1.165) is 39.3 Å². The molecule has 0 amide bonds. The van der Waals surface area contributed by atoms with Crippen LogP contribution >= 0.6 is 0 Å². The summed E-state index contributed by atoms with van der Waals surface area (Å²) in [6, 6.07) is 4.86. The van der Waals surface area contributed by atoms with Gasteiger partial charge in [-0.3, -0.25) is 0 Å². The van der Waals surface area contributed by atoms with Crippen molar-refractivity contribution < 1.29 is 21.7 Å². The summed E-state index contributed by atoms with van der Waals surface area (Å²) >= 11 is 0. The zero-order chi connectivity index (χ0) is 22.8. The van der Waals surface area contributed by atoms with Gasteiger partial charge in [-0.1, -0.05) is 101 Å². The molecule has 0 N–H and O–H groups in total. The first kappa shape index (κ1) is 37.3. The van der Waals surface area contributed by atoms with E-state index in [9.17, 15) is 0 Å². The molecule has 1 rings (SSSR count). The molecule has 0 aliphatic heterocycles. The van der Waals surface area contributed by atoms with E-state index in [2.05, 4.69) is 48.9 Å². The number of nitrogens with zero attached hydrogens (tertiary/aromatic N) is 3. The normalized spacial score (nSPS) is 9.23. The van der Waals surface area contributed by atoms with Crippen molar-refractivity contribution >= 4 is 0 Å². The molecule has 0 atom stereocenters. The number of rotatable bonds is 12. The third-order valence-corrected chi connectivity index (χ3v) is 4.05. The Balaban J connectivity index is -0.000000176. The van der Waals surface area contributed by atoms with Gasteiger partial charge in [-0.25, -0.2) is 6.07 Å². The summed E-state index contributed by atoms with van der Waals surface area (Å²) in [7, 11) is 0. The summed E-state index contributed by atoms with van der Waals surface area (Å²) in [5.74, 6) is 0. The van der Waals surface area contributed by atoms with Crippen molar-refractivity contribution in [3.8, 4) is 0 Å². The molecule has 0 aromatic heterocycles. The summed E-state index contributed by atoms with van der Waals surface area (Å²) in [4.78, 5) is 0. The zero-order valence-corrected chi connectivity index (χ0v) is 23.5. The predicted molar refractivity (Wildman–Crippen MR) is 137 cm³/mol. The van der Waals surface area contributed by atoms with Gasteiger partial charge in [0.2, 0.25) is 0 Å². The second-order valence-corrected chi connectivity index (χ2v) is 6.73. The topological polar surface area (TPSA) is 42.3 Å².